The lowest BCUT2D eigenvalue weighted by Crippen LogP contribution is -2.21. The van der Waals surface area contributed by atoms with Gasteiger partial charge in [0.05, 0.1) is 5.56 Å². The minimum absolute atomic E-state index is 0.0615. The molecule has 0 saturated carbocycles. The van der Waals surface area contributed by atoms with Crippen molar-refractivity contribution in [3.05, 3.63) is 29.3 Å². The van der Waals surface area contributed by atoms with Crippen molar-refractivity contribution in [1.82, 2.24) is 0 Å². The predicted molar refractivity (Wildman–Crippen MR) is 53.8 cm³/mol. The van der Waals surface area contributed by atoms with Gasteiger partial charge in [0.1, 0.15) is 0 Å². The maximum atomic E-state index is 10.7. The van der Waals surface area contributed by atoms with Crippen LogP contribution in [0.3, 0.4) is 0 Å². The van der Waals surface area contributed by atoms with Crippen LogP contribution in [0, 0.1) is 0 Å². The van der Waals surface area contributed by atoms with Gasteiger partial charge in [-0.3, -0.25) is 0 Å². The molecule has 76 valence electrons. The highest BCUT2D eigenvalue weighted by molar-refractivity contribution is 5.93. The average molecular weight is 195 g/mol. The molecule has 0 aliphatic carbocycles. The molecule has 0 aliphatic heterocycles. The summed E-state index contributed by atoms with van der Waals surface area (Å²) in [6.07, 6.45) is 0. The van der Waals surface area contributed by atoms with E-state index in [1.807, 2.05) is 0 Å². The van der Waals surface area contributed by atoms with E-state index in [1.54, 1.807) is 6.07 Å². The minimum atomic E-state index is -1.06. The van der Waals surface area contributed by atoms with E-state index in [-0.39, 0.29) is 23.8 Å². The Labute approximate surface area is 81.5 Å². The molecule has 0 saturated heterocycles. The van der Waals surface area contributed by atoms with Gasteiger partial charge in [0.2, 0.25) is 0 Å². The number of benzene rings is 1. The molecule has 0 heterocycles. The lowest BCUT2D eigenvalue weighted by atomic mass is 10.0. The first-order valence-electron chi connectivity index (χ1n) is 4.14. The van der Waals surface area contributed by atoms with Crippen LogP contribution in [0.25, 0.3) is 0 Å². The normalized spacial score (nSPS) is 12.4. The third-order valence-corrected chi connectivity index (χ3v) is 1.99. The van der Waals surface area contributed by atoms with Gasteiger partial charge >= 0.3 is 5.97 Å². The highest BCUT2D eigenvalue weighted by Crippen LogP contribution is 2.17. The van der Waals surface area contributed by atoms with Crippen LogP contribution in [0.2, 0.25) is 0 Å². The van der Waals surface area contributed by atoms with E-state index in [4.69, 9.17) is 22.3 Å². The maximum Gasteiger partial charge on any atom is 0.337 e. The van der Waals surface area contributed by atoms with Crippen molar-refractivity contribution < 1.29 is 9.90 Å². The molecule has 0 radical (unpaired) electrons. The smallest absolute Gasteiger partial charge is 0.337 e. The summed E-state index contributed by atoms with van der Waals surface area (Å²) < 4.78 is 0. The van der Waals surface area contributed by atoms with E-state index in [0.717, 1.165) is 0 Å². The molecule has 0 aromatic heterocycles. The maximum absolute atomic E-state index is 10.7. The molecule has 5 nitrogen and oxygen atoms in total. The predicted octanol–water partition coefficient (Wildman–Crippen LogP) is -0.0745. The Bertz CT molecular complexity index is 352. The number of anilines is 1. The lowest BCUT2D eigenvalue weighted by molar-refractivity contribution is 0.0698. The highest BCUT2D eigenvalue weighted by Gasteiger charge is 2.11. The van der Waals surface area contributed by atoms with Crippen molar-refractivity contribution >= 4 is 11.7 Å². The first-order chi connectivity index (χ1) is 6.56. The number of carboxylic acids is 1. The molecule has 0 unspecified atom stereocenters. The summed E-state index contributed by atoms with van der Waals surface area (Å²) >= 11 is 0. The fourth-order valence-electron chi connectivity index (χ4n) is 1.13. The Morgan fingerprint density at radius 1 is 1.50 bits per heavy atom. The second kappa shape index (κ2) is 4.08. The molecule has 1 aromatic carbocycles. The molecule has 0 aliphatic rings. The molecular formula is C9H13N3O2. The summed E-state index contributed by atoms with van der Waals surface area (Å²) in [7, 11) is 0. The van der Waals surface area contributed by atoms with Crippen molar-refractivity contribution in [2.45, 2.75) is 6.04 Å². The molecular weight excluding hydrogens is 182 g/mol. The van der Waals surface area contributed by atoms with Gasteiger partial charge in [0.25, 0.3) is 0 Å². The highest BCUT2D eigenvalue weighted by atomic mass is 16.4. The van der Waals surface area contributed by atoms with Gasteiger partial charge < -0.3 is 22.3 Å². The fraction of sp³-hybridized carbons (Fsp3) is 0.222. The van der Waals surface area contributed by atoms with Crippen LogP contribution in [0.15, 0.2) is 18.2 Å². The Balaban J connectivity index is 3.12. The monoisotopic (exact) mass is 195 g/mol. The zero-order valence-corrected chi connectivity index (χ0v) is 7.60. The number of hydrogen-bond donors (Lipinski definition) is 4. The van der Waals surface area contributed by atoms with Gasteiger partial charge in [0.15, 0.2) is 0 Å². The van der Waals surface area contributed by atoms with Gasteiger partial charge in [-0.1, -0.05) is 6.07 Å². The van der Waals surface area contributed by atoms with Crippen molar-refractivity contribution in [2.75, 3.05) is 12.3 Å². The standard InChI is InChI=1S/C9H13N3O2/c10-4-8(12)5-1-2-7(11)6(3-5)9(13)14/h1-3,8H,4,10-12H2,(H,13,14)/t8-/m0/s1. The number of aromatic carboxylic acids is 1. The van der Waals surface area contributed by atoms with Crippen molar-refractivity contribution in [3.8, 4) is 0 Å². The summed E-state index contributed by atoms with van der Waals surface area (Å²) in [5, 5.41) is 8.79. The third kappa shape index (κ3) is 2.01. The quantitative estimate of drug-likeness (QED) is 0.504. The molecule has 14 heavy (non-hydrogen) atoms. The summed E-state index contributed by atoms with van der Waals surface area (Å²) in [5.41, 5.74) is 17.5. The SMILES string of the molecule is NC[C@H](N)c1ccc(N)c(C(=O)O)c1. The average Bonchev–Trinajstić information content (AvgIpc) is 2.17. The second-order valence-corrected chi connectivity index (χ2v) is 2.99. The molecule has 5 heteroatoms. The van der Waals surface area contributed by atoms with E-state index in [2.05, 4.69) is 0 Å². The zero-order chi connectivity index (χ0) is 10.7. The topological polar surface area (TPSA) is 115 Å². The van der Waals surface area contributed by atoms with Crippen LogP contribution in [-0.4, -0.2) is 17.6 Å². The molecule has 0 fully saturated rings. The molecule has 1 rings (SSSR count). The number of nitrogen functional groups attached to an aromatic ring is 1. The first-order valence-corrected chi connectivity index (χ1v) is 4.14. The van der Waals surface area contributed by atoms with E-state index < -0.39 is 5.97 Å². The van der Waals surface area contributed by atoms with E-state index in [9.17, 15) is 4.79 Å². The van der Waals surface area contributed by atoms with Crippen molar-refractivity contribution in [3.63, 3.8) is 0 Å². The van der Waals surface area contributed by atoms with Crippen LogP contribution in [-0.2, 0) is 0 Å². The second-order valence-electron chi connectivity index (χ2n) is 2.99. The van der Waals surface area contributed by atoms with Gasteiger partial charge in [0, 0.05) is 18.3 Å². The first kappa shape index (κ1) is 10.5. The van der Waals surface area contributed by atoms with Crippen LogP contribution < -0.4 is 17.2 Å². The number of carbonyl (C=O) groups is 1. The van der Waals surface area contributed by atoms with Crippen LogP contribution >= 0.6 is 0 Å². The summed E-state index contributed by atoms with van der Waals surface area (Å²) in [6.45, 7) is 0.267. The third-order valence-electron chi connectivity index (χ3n) is 1.99. The largest absolute Gasteiger partial charge is 0.478 e. The zero-order valence-electron chi connectivity index (χ0n) is 7.60. The Morgan fingerprint density at radius 3 is 2.64 bits per heavy atom. The van der Waals surface area contributed by atoms with Gasteiger partial charge in [-0.05, 0) is 17.7 Å². The Hall–Kier alpha value is -1.59. The lowest BCUT2D eigenvalue weighted by Gasteiger charge is -2.10. The Morgan fingerprint density at radius 2 is 2.14 bits per heavy atom. The van der Waals surface area contributed by atoms with Gasteiger partial charge in [-0.2, -0.15) is 0 Å². The summed E-state index contributed by atoms with van der Waals surface area (Å²) in [4.78, 5) is 10.7. The summed E-state index contributed by atoms with van der Waals surface area (Å²) in [5.74, 6) is -1.06. The molecule has 7 N–H and O–H groups in total. The molecule has 1 aromatic rings. The molecule has 1 atom stereocenters. The van der Waals surface area contributed by atoms with Crippen LogP contribution in [0.1, 0.15) is 22.0 Å². The van der Waals surface area contributed by atoms with Gasteiger partial charge in [-0.25, -0.2) is 4.79 Å². The summed E-state index contributed by atoms with van der Waals surface area (Å²) in [6, 6.07) is 4.30. The Kier molecular flexibility index (Phi) is 3.06. The number of hydrogen-bond acceptors (Lipinski definition) is 4. The number of nitrogens with two attached hydrogens (primary N) is 3. The van der Waals surface area contributed by atoms with Crippen LogP contribution in [0.5, 0.6) is 0 Å². The van der Waals surface area contributed by atoms with Crippen molar-refractivity contribution in [2.24, 2.45) is 11.5 Å². The molecule has 0 spiro atoms. The number of carboxylic acid groups (broad SMARTS) is 1. The molecule has 0 bridgehead atoms. The van der Waals surface area contributed by atoms with Crippen molar-refractivity contribution in [1.29, 1.82) is 0 Å². The van der Waals surface area contributed by atoms with Crippen LogP contribution in [0.4, 0.5) is 5.69 Å². The molecule has 0 amide bonds. The van der Waals surface area contributed by atoms with E-state index in [1.165, 1.54) is 12.1 Å². The van der Waals surface area contributed by atoms with Gasteiger partial charge in [-0.15, -0.1) is 0 Å². The fourth-order valence-corrected chi connectivity index (χ4v) is 1.13. The minimum Gasteiger partial charge on any atom is -0.478 e. The van der Waals surface area contributed by atoms with E-state index >= 15 is 0 Å². The number of rotatable bonds is 3. The van der Waals surface area contributed by atoms with E-state index in [0.29, 0.717) is 5.56 Å².